The number of aromatic nitrogens is 1. The van der Waals surface area contributed by atoms with Crippen molar-refractivity contribution >= 4 is 11.8 Å². The Morgan fingerprint density at radius 1 is 1.22 bits per heavy atom. The molecule has 0 aliphatic heterocycles. The van der Waals surface area contributed by atoms with Gasteiger partial charge in [-0.1, -0.05) is 13.8 Å². The summed E-state index contributed by atoms with van der Waals surface area (Å²) in [5.74, 6) is 0.632. The fourth-order valence-electron chi connectivity index (χ4n) is 1.94. The van der Waals surface area contributed by atoms with E-state index in [4.69, 9.17) is 4.42 Å². The first-order valence-corrected chi connectivity index (χ1v) is 7.61. The van der Waals surface area contributed by atoms with E-state index in [0.29, 0.717) is 30.3 Å². The Bertz CT molecular complexity index is 651. The molecule has 0 aliphatic rings. The summed E-state index contributed by atoms with van der Waals surface area (Å²) in [4.78, 5) is 28.2. The molecule has 2 aromatic rings. The number of nitrogens with one attached hydrogen (secondary N) is 2. The molecule has 2 amide bonds. The fourth-order valence-corrected chi connectivity index (χ4v) is 1.94. The molecule has 0 saturated heterocycles. The Balaban J connectivity index is 1.92. The summed E-state index contributed by atoms with van der Waals surface area (Å²) < 4.78 is 5.15. The third-order valence-electron chi connectivity index (χ3n) is 3.27. The van der Waals surface area contributed by atoms with Crippen LogP contribution >= 0.6 is 0 Å². The highest BCUT2D eigenvalue weighted by molar-refractivity contribution is 5.98. The van der Waals surface area contributed by atoms with Crippen LogP contribution in [0, 0.1) is 5.92 Å². The number of hydrogen-bond donors (Lipinski definition) is 2. The van der Waals surface area contributed by atoms with Crippen LogP contribution in [0.15, 0.2) is 41.1 Å². The highest BCUT2D eigenvalue weighted by Crippen LogP contribution is 2.05. The number of hydrogen-bond acceptors (Lipinski definition) is 4. The zero-order valence-electron chi connectivity index (χ0n) is 13.3. The molecule has 0 unspecified atom stereocenters. The lowest BCUT2D eigenvalue weighted by Crippen LogP contribution is -2.27. The van der Waals surface area contributed by atoms with Gasteiger partial charge in [-0.05, 0) is 36.6 Å². The van der Waals surface area contributed by atoms with Crippen molar-refractivity contribution < 1.29 is 14.0 Å². The van der Waals surface area contributed by atoms with Crippen molar-refractivity contribution in [2.45, 2.75) is 26.8 Å². The molecule has 0 atom stereocenters. The highest BCUT2D eigenvalue weighted by atomic mass is 16.3. The predicted molar refractivity (Wildman–Crippen MR) is 85.9 cm³/mol. The monoisotopic (exact) mass is 315 g/mol. The summed E-state index contributed by atoms with van der Waals surface area (Å²) in [7, 11) is 0. The fraction of sp³-hybridized carbons (Fsp3) is 0.353. The Kier molecular flexibility index (Phi) is 5.91. The minimum atomic E-state index is -0.278. The molecule has 23 heavy (non-hydrogen) atoms. The molecule has 0 saturated carbocycles. The second-order valence-corrected chi connectivity index (χ2v) is 5.63. The average Bonchev–Trinajstić information content (AvgIpc) is 3.05. The third kappa shape index (κ3) is 5.25. The lowest BCUT2D eigenvalue weighted by molar-refractivity contribution is 0.0947. The van der Waals surface area contributed by atoms with Gasteiger partial charge in [-0.15, -0.1) is 0 Å². The number of nitrogens with zero attached hydrogens (tertiary/aromatic N) is 1. The van der Waals surface area contributed by atoms with Crippen LogP contribution in [-0.4, -0.2) is 23.3 Å². The van der Waals surface area contributed by atoms with Crippen LogP contribution in [0.3, 0.4) is 0 Å². The summed E-state index contributed by atoms with van der Waals surface area (Å²) in [5.41, 5.74) is 0.625. The van der Waals surface area contributed by atoms with Gasteiger partial charge in [0, 0.05) is 18.3 Å². The Labute approximate surface area is 135 Å². The van der Waals surface area contributed by atoms with Crippen molar-refractivity contribution in [1.82, 2.24) is 15.6 Å². The number of rotatable bonds is 7. The van der Waals surface area contributed by atoms with E-state index in [1.807, 2.05) is 0 Å². The van der Waals surface area contributed by atoms with Gasteiger partial charge in [0.2, 0.25) is 0 Å². The predicted octanol–water partition coefficient (Wildman–Crippen LogP) is 2.38. The smallest absolute Gasteiger partial charge is 0.269 e. The first-order chi connectivity index (χ1) is 11.1. The Hall–Kier alpha value is -2.63. The molecule has 2 aromatic heterocycles. The van der Waals surface area contributed by atoms with Gasteiger partial charge in [-0.2, -0.15) is 0 Å². The van der Waals surface area contributed by atoms with Gasteiger partial charge < -0.3 is 15.1 Å². The molecule has 122 valence electrons. The largest absolute Gasteiger partial charge is 0.467 e. The molecule has 2 heterocycles. The van der Waals surface area contributed by atoms with E-state index in [2.05, 4.69) is 29.5 Å². The van der Waals surface area contributed by atoms with Gasteiger partial charge >= 0.3 is 0 Å². The van der Waals surface area contributed by atoms with Crippen LogP contribution in [0.2, 0.25) is 0 Å². The first-order valence-electron chi connectivity index (χ1n) is 7.61. The second-order valence-electron chi connectivity index (χ2n) is 5.63. The van der Waals surface area contributed by atoms with Crippen molar-refractivity contribution in [2.24, 2.45) is 5.92 Å². The van der Waals surface area contributed by atoms with E-state index in [1.165, 1.54) is 12.3 Å². The van der Waals surface area contributed by atoms with Crippen LogP contribution in [0.4, 0.5) is 0 Å². The van der Waals surface area contributed by atoms with E-state index in [0.717, 1.165) is 6.42 Å². The summed E-state index contributed by atoms with van der Waals surface area (Å²) in [5, 5.41) is 5.54. The SMILES string of the molecule is CC(C)CCNC(=O)c1cc(C(=O)NCc2ccco2)ccn1. The topological polar surface area (TPSA) is 84.2 Å². The minimum absolute atomic E-state index is 0.236. The lowest BCUT2D eigenvalue weighted by atomic mass is 10.1. The summed E-state index contributed by atoms with van der Waals surface area (Å²) in [6.45, 7) is 5.07. The quantitative estimate of drug-likeness (QED) is 0.821. The van der Waals surface area contributed by atoms with Crippen molar-refractivity contribution in [1.29, 1.82) is 0 Å². The molecular formula is C17H21N3O3. The normalized spacial score (nSPS) is 10.6. The van der Waals surface area contributed by atoms with E-state index in [-0.39, 0.29) is 17.5 Å². The van der Waals surface area contributed by atoms with E-state index in [1.54, 1.807) is 24.5 Å². The molecular weight excluding hydrogens is 294 g/mol. The molecule has 2 rings (SSSR count). The van der Waals surface area contributed by atoms with Gasteiger partial charge in [0.25, 0.3) is 11.8 Å². The number of amides is 2. The maximum absolute atomic E-state index is 12.1. The molecule has 0 aromatic carbocycles. The molecule has 0 spiro atoms. The van der Waals surface area contributed by atoms with Crippen LogP contribution in [-0.2, 0) is 6.54 Å². The number of carbonyl (C=O) groups is 2. The van der Waals surface area contributed by atoms with Crippen LogP contribution in [0.25, 0.3) is 0 Å². The van der Waals surface area contributed by atoms with E-state index < -0.39 is 0 Å². The number of furan rings is 1. The van der Waals surface area contributed by atoms with Crippen LogP contribution in [0.5, 0.6) is 0 Å². The maximum atomic E-state index is 12.1. The van der Waals surface area contributed by atoms with E-state index in [9.17, 15) is 9.59 Å². The van der Waals surface area contributed by atoms with Gasteiger partial charge in [0.1, 0.15) is 11.5 Å². The second kappa shape index (κ2) is 8.12. The maximum Gasteiger partial charge on any atom is 0.269 e. The molecule has 6 nitrogen and oxygen atoms in total. The molecule has 6 heteroatoms. The summed E-state index contributed by atoms with van der Waals surface area (Å²) in [6, 6.07) is 6.60. The van der Waals surface area contributed by atoms with E-state index >= 15 is 0 Å². The molecule has 2 N–H and O–H groups in total. The van der Waals surface area contributed by atoms with Gasteiger partial charge in [0.05, 0.1) is 12.8 Å². The lowest BCUT2D eigenvalue weighted by Gasteiger charge is -2.08. The molecule has 0 radical (unpaired) electrons. The molecule has 0 bridgehead atoms. The van der Waals surface area contributed by atoms with Crippen LogP contribution in [0.1, 0.15) is 46.9 Å². The van der Waals surface area contributed by atoms with Crippen molar-refractivity contribution in [2.75, 3.05) is 6.54 Å². The van der Waals surface area contributed by atoms with Crippen molar-refractivity contribution in [3.63, 3.8) is 0 Å². The Morgan fingerprint density at radius 2 is 2.04 bits per heavy atom. The Morgan fingerprint density at radius 3 is 2.74 bits per heavy atom. The van der Waals surface area contributed by atoms with Gasteiger partial charge in [0.15, 0.2) is 0 Å². The van der Waals surface area contributed by atoms with Crippen molar-refractivity contribution in [3.8, 4) is 0 Å². The van der Waals surface area contributed by atoms with Gasteiger partial charge in [-0.25, -0.2) is 0 Å². The average molecular weight is 315 g/mol. The third-order valence-corrected chi connectivity index (χ3v) is 3.27. The zero-order chi connectivity index (χ0) is 16.7. The number of carbonyl (C=O) groups excluding carboxylic acids is 2. The summed E-state index contributed by atoms with van der Waals surface area (Å²) in [6.07, 6.45) is 3.90. The van der Waals surface area contributed by atoms with Gasteiger partial charge in [-0.3, -0.25) is 14.6 Å². The first kappa shape index (κ1) is 16.7. The minimum Gasteiger partial charge on any atom is -0.467 e. The molecule has 0 fully saturated rings. The van der Waals surface area contributed by atoms with Crippen molar-refractivity contribution in [3.05, 3.63) is 53.7 Å². The molecule has 0 aliphatic carbocycles. The van der Waals surface area contributed by atoms with Crippen LogP contribution < -0.4 is 10.6 Å². The number of pyridine rings is 1. The highest BCUT2D eigenvalue weighted by Gasteiger charge is 2.12. The summed E-state index contributed by atoms with van der Waals surface area (Å²) >= 11 is 0. The zero-order valence-corrected chi connectivity index (χ0v) is 13.3. The standard InChI is InChI=1S/C17H21N3O3/c1-12(2)5-7-19-17(22)15-10-13(6-8-18-15)16(21)20-11-14-4-3-9-23-14/h3-4,6,8-10,12H,5,7,11H2,1-2H3,(H,19,22)(H,20,21).